The summed E-state index contributed by atoms with van der Waals surface area (Å²) in [4.78, 5) is 31.6. The molecular formula is C27H30N2O4S. The molecule has 2 heterocycles. The molecule has 34 heavy (non-hydrogen) atoms. The molecule has 0 bridgehead atoms. The lowest BCUT2D eigenvalue weighted by molar-refractivity contribution is -0.133. The molecule has 1 fully saturated rings. The van der Waals surface area contributed by atoms with E-state index in [0.29, 0.717) is 37.6 Å². The van der Waals surface area contributed by atoms with E-state index in [1.807, 2.05) is 52.7 Å². The Kier molecular flexibility index (Phi) is 8.33. The van der Waals surface area contributed by atoms with Gasteiger partial charge in [0.25, 0.3) is 5.91 Å². The lowest BCUT2D eigenvalue weighted by Gasteiger charge is -2.29. The molecule has 178 valence electrons. The van der Waals surface area contributed by atoms with Crippen LogP contribution in [-0.4, -0.2) is 54.5 Å². The number of hydrogen-bond acceptors (Lipinski definition) is 5. The monoisotopic (exact) mass is 478 g/mol. The number of rotatable bonds is 10. The van der Waals surface area contributed by atoms with Gasteiger partial charge in [0.1, 0.15) is 12.3 Å². The van der Waals surface area contributed by atoms with Crippen LogP contribution in [0.25, 0.3) is 0 Å². The van der Waals surface area contributed by atoms with Crippen LogP contribution in [-0.2, 0) is 22.6 Å². The predicted molar refractivity (Wildman–Crippen MR) is 133 cm³/mol. The van der Waals surface area contributed by atoms with E-state index >= 15 is 0 Å². The topological polar surface area (TPSA) is 59.1 Å². The summed E-state index contributed by atoms with van der Waals surface area (Å²) >= 11 is 1.62. The number of nitrogens with zero attached hydrogens (tertiary/aromatic N) is 2. The normalized spacial score (nSPS) is 15.1. The molecule has 7 heteroatoms. The summed E-state index contributed by atoms with van der Waals surface area (Å²) in [5.41, 5.74) is 1.55. The molecule has 2 aromatic carbocycles. The quantitative estimate of drug-likeness (QED) is 0.427. The lowest BCUT2D eigenvalue weighted by atomic mass is 10.1. The Hall–Kier alpha value is -3.16. The first-order chi connectivity index (χ1) is 16.6. The van der Waals surface area contributed by atoms with Gasteiger partial charge in [-0.05, 0) is 48.1 Å². The van der Waals surface area contributed by atoms with Gasteiger partial charge < -0.3 is 19.3 Å². The molecule has 1 aromatic heterocycles. The van der Waals surface area contributed by atoms with Gasteiger partial charge in [0.2, 0.25) is 5.91 Å². The van der Waals surface area contributed by atoms with Gasteiger partial charge in [-0.2, -0.15) is 0 Å². The minimum Gasteiger partial charge on any atom is -0.497 e. The maximum absolute atomic E-state index is 13.6. The maximum atomic E-state index is 13.6. The van der Waals surface area contributed by atoms with E-state index in [1.54, 1.807) is 47.6 Å². The van der Waals surface area contributed by atoms with E-state index in [4.69, 9.17) is 9.47 Å². The highest BCUT2D eigenvalue weighted by atomic mass is 32.1. The van der Waals surface area contributed by atoms with Crippen molar-refractivity contribution in [2.75, 3.05) is 26.8 Å². The summed E-state index contributed by atoms with van der Waals surface area (Å²) in [6.45, 7) is 2.07. The van der Waals surface area contributed by atoms with Crippen molar-refractivity contribution in [3.05, 3.63) is 88.1 Å². The fourth-order valence-corrected chi connectivity index (χ4v) is 4.80. The van der Waals surface area contributed by atoms with Crippen LogP contribution >= 0.6 is 11.3 Å². The molecule has 1 unspecified atom stereocenters. The zero-order chi connectivity index (χ0) is 23.8. The Morgan fingerprint density at radius 3 is 2.59 bits per heavy atom. The Balaban J connectivity index is 1.55. The molecule has 1 saturated heterocycles. The molecular weight excluding hydrogens is 448 g/mol. The van der Waals surface area contributed by atoms with Gasteiger partial charge in [-0.25, -0.2) is 0 Å². The SMILES string of the molecule is COc1cccc(C(=O)N(CC(=O)N(Cc2ccccc2)Cc2cccs2)CC2CCCO2)c1. The maximum Gasteiger partial charge on any atom is 0.254 e. The highest BCUT2D eigenvalue weighted by Gasteiger charge is 2.27. The van der Waals surface area contributed by atoms with Gasteiger partial charge in [0.15, 0.2) is 0 Å². The summed E-state index contributed by atoms with van der Waals surface area (Å²) in [5.74, 6) is 0.322. The number of carbonyl (C=O) groups is 2. The molecule has 0 spiro atoms. The first kappa shape index (κ1) is 24.0. The zero-order valence-corrected chi connectivity index (χ0v) is 20.2. The van der Waals surface area contributed by atoms with E-state index < -0.39 is 0 Å². The molecule has 4 rings (SSSR count). The number of amides is 2. The molecule has 1 aliphatic heterocycles. The molecule has 3 aromatic rings. The molecule has 1 atom stereocenters. The smallest absolute Gasteiger partial charge is 0.254 e. The van der Waals surface area contributed by atoms with Crippen LogP contribution in [0, 0.1) is 0 Å². The lowest BCUT2D eigenvalue weighted by Crippen LogP contribution is -2.45. The molecule has 0 saturated carbocycles. The minimum atomic E-state index is -0.196. The van der Waals surface area contributed by atoms with Gasteiger partial charge in [-0.3, -0.25) is 9.59 Å². The number of carbonyl (C=O) groups excluding carboxylic acids is 2. The summed E-state index contributed by atoms with van der Waals surface area (Å²) in [5, 5.41) is 2.01. The Morgan fingerprint density at radius 1 is 1.03 bits per heavy atom. The standard InChI is InChI=1S/C27H30N2O4S/c1-32-23-11-5-10-22(16-23)27(31)29(18-24-12-6-14-33-24)20-26(30)28(19-25-13-7-15-34-25)17-21-8-3-2-4-9-21/h2-5,7-11,13,15-16,24H,6,12,14,17-20H2,1H3. The molecule has 1 aliphatic rings. The number of benzene rings is 2. The average molecular weight is 479 g/mol. The highest BCUT2D eigenvalue weighted by molar-refractivity contribution is 7.09. The Labute approximate surface area is 204 Å². The summed E-state index contributed by atoms with van der Waals surface area (Å²) in [7, 11) is 1.57. The van der Waals surface area contributed by atoms with Crippen LogP contribution < -0.4 is 4.74 Å². The predicted octanol–water partition coefficient (Wildman–Crippen LogP) is 4.61. The third kappa shape index (κ3) is 6.46. The molecule has 2 amide bonds. The van der Waals surface area contributed by atoms with Crippen LogP contribution in [0.2, 0.25) is 0 Å². The van der Waals surface area contributed by atoms with Gasteiger partial charge in [-0.1, -0.05) is 42.5 Å². The first-order valence-corrected chi connectivity index (χ1v) is 12.4. The molecule has 0 radical (unpaired) electrons. The third-order valence-corrected chi connectivity index (χ3v) is 6.73. The van der Waals surface area contributed by atoms with Crippen molar-refractivity contribution in [1.29, 1.82) is 0 Å². The van der Waals surface area contributed by atoms with Gasteiger partial charge >= 0.3 is 0 Å². The first-order valence-electron chi connectivity index (χ1n) is 11.5. The van der Waals surface area contributed by atoms with Crippen LogP contribution in [0.4, 0.5) is 0 Å². The van der Waals surface area contributed by atoms with Crippen molar-refractivity contribution >= 4 is 23.2 Å². The van der Waals surface area contributed by atoms with Crippen molar-refractivity contribution < 1.29 is 19.1 Å². The summed E-state index contributed by atoms with van der Waals surface area (Å²) in [6.07, 6.45) is 1.80. The van der Waals surface area contributed by atoms with Crippen molar-refractivity contribution in [2.45, 2.75) is 32.0 Å². The van der Waals surface area contributed by atoms with Crippen molar-refractivity contribution in [3.8, 4) is 5.75 Å². The van der Waals surface area contributed by atoms with E-state index in [-0.39, 0.29) is 24.5 Å². The van der Waals surface area contributed by atoms with Crippen LogP contribution in [0.1, 0.15) is 33.6 Å². The third-order valence-electron chi connectivity index (χ3n) is 5.87. The van der Waals surface area contributed by atoms with Crippen molar-refractivity contribution in [1.82, 2.24) is 9.80 Å². The van der Waals surface area contributed by atoms with E-state index in [9.17, 15) is 9.59 Å². The van der Waals surface area contributed by atoms with E-state index in [0.717, 1.165) is 23.3 Å². The molecule has 6 nitrogen and oxygen atoms in total. The highest BCUT2D eigenvalue weighted by Crippen LogP contribution is 2.20. The number of hydrogen-bond donors (Lipinski definition) is 0. The second-order valence-corrected chi connectivity index (χ2v) is 9.40. The fraction of sp³-hybridized carbons (Fsp3) is 0.333. The van der Waals surface area contributed by atoms with Gasteiger partial charge in [0, 0.05) is 30.1 Å². The molecule has 0 aliphatic carbocycles. The van der Waals surface area contributed by atoms with Crippen LogP contribution in [0.3, 0.4) is 0 Å². The van der Waals surface area contributed by atoms with Gasteiger partial charge in [0.05, 0.1) is 19.8 Å². The second-order valence-electron chi connectivity index (χ2n) is 8.37. The number of methoxy groups -OCH3 is 1. The largest absolute Gasteiger partial charge is 0.497 e. The Bertz CT molecular complexity index is 1070. The minimum absolute atomic E-state index is 0.00584. The van der Waals surface area contributed by atoms with E-state index in [1.165, 1.54) is 0 Å². The second kappa shape index (κ2) is 11.8. The van der Waals surface area contributed by atoms with Crippen molar-refractivity contribution in [3.63, 3.8) is 0 Å². The summed E-state index contributed by atoms with van der Waals surface area (Å²) < 4.78 is 11.1. The van der Waals surface area contributed by atoms with Crippen molar-refractivity contribution in [2.24, 2.45) is 0 Å². The van der Waals surface area contributed by atoms with Crippen LogP contribution in [0.5, 0.6) is 5.75 Å². The Morgan fingerprint density at radius 2 is 1.88 bits per heavy atom. The van der Waals surface area contributed by atoms with E-state index in [2.05, 4.69) is 0 Å². The zero-order valence-electron chi connectivity index (χ0n) is 19.4. The number of ether oxygens (including phenoxy) is 2. The number of thiophene rings is 1. The van der Waals surface area contributed by atoms with Crippen LogP contribution in [0.15, 0.2) is 72.1 Å². The van der Waals surface area contributed by atoms with Gasteiger partial charge in [-0.15, -0.1) is 11.3 Å². The average Bonchev–Trinajstić information content (AvgIpc) is 3.58. The molecule has 0 N–H and O–H groups in total. The summed E-state index contributed by atoms with van der Waals surface area (Å²) in [6, 6.07) is 21.0. The fourth-order valence-electron chi connectivity index (χ4n) is 4.08.